The van der Waals surface area contributed by atoms with Crippen LogP contribution in [-0.2, 0) is 9.53 Å². The van der Waals surface area contributed by atoms with Gasteiger partial charge in [-0.2, -0.15) is 0 Å². The van der Waals surface area contributed by atoms with Gasteiger partial charge in [0.25, 0.3) is 5.91 Å². The van der Waals surface area contributed by atoms with E-state index in [-0.39, 0.29) is 11.7 Å². The summed E-state index contributed by atoms with van der Waals surface area (Å²) in [5, 5.41) is 0.811. The van der Waals surface area contributed by atoms with E-state index in [4.69, 9.17) is 9.15 Å². The van der Waals surface area contributed by atoms with Crippen molar-refractivity contribution >= 4 is 22.8 Å². The van der Waals surface area contributed by atoms with Crippen molar-refractivity contribution in [1.82, 2.24) is 4.90 Å². The minimum Gasteiger partial charge on any atom is -0.449 e. The second-order valence-corrected chi connectivity index (χ2v) is 5.86. The summed E-state index contributed by atoms with van der Waals surface area (Å²) in [6.07, 6.45) is -1.00. The van der Waals surface area contributed by atoms with Crippen molar-refractivity contribution in [2.24, 2.45) is 0 Å². The number of hydrogen-bond donors (Lipinski definition) is 0. The lowest BCUT2D eigenvalue weighted by molar-refractivity contribution is -0.140. The van der Waals surface area contributed by atoms with E-state index >= 15 is 0 Å². The van der Waals surface area contributed by atoms with Crippen molar-refractivity contribution in [2.45, 2.75) is 20.0 Å². The molecule has 0 saturated carbocycles. The van der Waals surface area contributed by atoms with Crippen LogP contribution in [0.4, 0.5) is 0 Å². The van der Waals surface area contributed by atoms with Gasteiger partial charge < -0.3 is 14.1 Å². The van der Waals surface area contributed by atoms with Crippen LogP contribution in [-0.4, -0.2) is 29.9 Å². The summed E-state index contributed by atoms with van der Waals surface area (Å²) in [4.78, 5) is 27.1. The van der Waals surface area contributed by atoms with Crippen LogP contribution in [0.2, 0.25) is 0 Å². The monoisotopic (exact) mass is 351 g/mol. The molecule has 2 aromatic carbocycles. The Morgan fingerprint density at radius 2 is 1.65 bits per heavy atom. The second kappa shape index (κ2) is 7.87. The number of para-hydroxylation sites is 1. The minimum atomic E-state index is -1.00. The predicted octanol–water partition coefficient (Wildman–Crippen LogP) is 4.20. The number of carbonyl (C=O) groups excluding carboxylic acids is 2. The molecule has 0 bridgehead atoms. The van der Waals surface area contributed by atoms with Gasteiger partial charge in [0, 0.05) is 24.0 Å². The lowest BCUT2D eigenvalue weighted by Gasteiger charge is -2.25. The van der Waals surface area contributed by atoms with Crippen molar-refractivity contribution in [1.29, 1.82) is 0 Å². The molecule has 1 heterocycles. The molecule has 0 N–H and O–H groups in total. The van der Waals surface area contributed by atoms with Crippen LogP contribution in [0, 0.1) is 0 Å². The Labute approximate surface area is 152 Å². The Balaban J connectivity index is 1.89. The molecule has 1 amide bonds. The normalized spacial score (nSPS) is 11.9. The first-order valence-electron chi connectivity index (χ1n) is 8.67. The maximum Gasteiger partial charge on any atom is 0.375 e. The molecule has 1 aromatic heterocycles. The maximum absolute atomic E-state index is 12.9. The Morgan fingerprint density at radius 3 is 2.31 bits per heavy atom. The van der Waals surface area contributed by atoms with E-state index in [1.807, 2.05) is 50.2 Å². The van der Waals surface area contributed by atoms with Crippen molar-refractivity contribution in [2.75, 3.05) is 13.1 Å². The molecule has 1 atom stereocenters. The number of carbonyl (C=O) groups is 2. The van der Waals surface area contributed by atoms with Gasteiger partial charge in [-0.1, -0.05) is 48.5 Å². The molecule has 3 aromatic rings. The molecule has 3 rings (SSSR count). The molecule has 0 fully saturated rings. The Morgan fingerprint density at radius 1 is 1.00 bits per heavy atom. The lowest BCUT2D eigenvalue weighted by atomic mass is 10.1. The van der Waals surface area contributed by atoms with Gasteiger partial charge in [0.05, 0.1) is 0 Å². The Hall–Kier alpha value is -3.08. The zero-order valence-electron chi connectivity index (χ0n) is 14.8. The van der Waals surface area contributed by atoms with Crippen molar-refractivity contribution in [3.8, 4) is 0 Å². The van der Waals surface area contributed by atoms with Gasteiger partial charge in [0.1, 0.15) is 5.58 Å². The van der Waals surface area contributed by atoms with Gasteiger partial charge in [-0.05, 0) is 26.0 Å². The molecule has 0 radical (unpaired) electrons. The Bertz CT molecular complexity index is 864. The third-order valence-corrected chi connectivity index (χ3v) is 4.25. The highest BCUT2D eigenvalue weighted by Crippen LogP contribution is 2.25. The average molecular weight is 351 g/mol. The van der Waals surface area contributed by atoms with E-state index in [0.717, 1.165) is 5.39 Å². The van der Waals surface area contributed by atoms with E-state index in [0.29, 0.717) is 24.2 Å². The van der Waals surface area contributed by atoms with Gasteiger partial charge in [0.2, 0.25) is 11.9 Å². The van der Waals surface area contributed by atoms with Gasteiger partial charge >= 0.3 is 5.97 Å². The van der Waals surface area contributed by atoms with E-state index in [9.17, 15) is 9.59 Å². The van der Waals surface area contributed by atoms with Crippen LogP contribution in [0.15, 0.2) is 65.1 Å². The fourth-order valence-corrected chi connectivity index (χ4v) is 2.84. The highest BCUT2D eigenvalue weighted by Gasteiger charge is 2.29. The molecule has 5 heteroatoms. The zero-order chi connectivity index (χ0) is 18.5. The summed E-state index contributed by atoms with van der Waals surface area (Å²) in [6, 6.07) is 18.0. The molecule has 1 unspecified atom stereocenters. The average Bonchev–Trinajstić information content (AvgIpc) is 3.12. The number of hydrogen-bond acceptors (Lipinski definition) is 4. The molecular weight excluding hydrogens is 330 g/mol. The van der Waals surface area contributed by atoms with Crippen LogP contribution >= 0.6 is 0 Å². The van der Waals surface area contributed by atoms with Gasteiger partial charge in [-0.15, -0.1) is 0 Å². The first-order valence-corrected chi connectivity index (χ1v) is 8.67. The number of fused-ring (bicyclic) bond motifs is 1. The van der Waals surface area contributed by atoms with Gasteiger partial charge in [0.15, 0.2) is 0 Å². The summed E-state index contributed by atoms with van der Waals surface area (Å²) >= 11 is 0. The summed E-state index contributed by atoms with van der Waals surface area (Å²) in [6.45, 7) is 4.87. The molecule has 26 heavy (non-hydrogen) atoms. The number of likely N-dealkylation sites (N-methyl/N-ethyl adjacent to an activating group) is 1. The predicted molar refractivity (Wildman–Crippen MR) is 98.7 cm³/mol. The smallest absolute Gasteiger partial charge is 0.375 e. The molecule has 0 saturated heterocycles. The van der Waals surface area contributed by atoms with Crippen LogP contribution in [0.1, 0.15) is 36.1 Å². The summed E-state index contributed by atoms with van der Waals surface area (Å²) in [7, 11) is 0. The highest BCUT2D eigenvalue weighted by molar-refractivity contribution is 5.94. The van der Waals surface area contributed by atoms with E-state index in [1.54, 1.807) is 29.2 Å². The fourth-order valence-electron chi connectivity index (χ4n) is 2.84. The van der Waals surface area contributed by atoms with Gasteiger partial charge in [-0.3, -0.25) is 4.79 Å². The number of esters is 1. The highest BCUT2D eigenvalue weighted by atomic mass is 16.6. The summed E-state index contributed by atoms with van der Waals surface area (Å²) in [5.41, 5.74) is 1.24. The topological polar surface area (TPSA) is 59.8 Å². The second-order valence-electron chi connectivity index (χ2n) is 5.86. The quantitative estimate of drug-likeness (QED) is 0.625. The number of amides is 1. The van der Waals surface area contributed by atoms with E-state index in [1.165, 1.54) is 0 Å². The molecule has 0 aliphatic carbocycles. The Kier molecular flexibility index (Phi) is 5.37. The summed E-state index contributed by atoms with van der Waals surface area (Å²) in [5.74, 6) is -0.819. The fraction of sp³-hybridized carbons (Fsp3) is 0.238. The van der Waals surface area contributed by atoms with Crippen LogP contribution < -0.4 is 0 Å². The van der Waals surface area contributed by atoms with Crippen molar-refractivity contribution in [3.63, 3.8) is 0 Å². The molecule has 5 nitrogen and oxygen atoms in total. The maximum atomic E-state index is 12.9. The largest absolute Gasteiger partial charge is 0.449 e. The van der Waals surface area contributed by atoms with E-state index in [2.05, 4.69) is 0 Å². The number of nitrogens with zero attached hydrogens (tertiary/aromatic N) is 1. The van der Waals surface area contributed by atoms with Crippen LogP contribution in [0.5, 0.6) is 0 Å². The third kappa shape index (κ3) is 3.61. The first-order chi connectivity index (χ1) is 12.6. The molecule has 0 aliphatic rings. The SMILES string of the molecule is CCN(CC)C(=O)C(OC(=O)c1cc2ccccc2o1)c1ccccc1. The summed E-state index contributed by atoms with van der Waals surface area (Å²) < 4.78 is 11.1. The molecule has 0 aliphatic heterocycles. The number of benzene rings is 2. The van der Waals surface area contributed by atoms with Crippen molar-refractivity contribution < 1.29 is 18.7 Å². The number of rotatable bonds is 6. The lowest BCUT2D eigenvalue weighted by Crippen LogP contribution is -2.36. The molecular formula is C21H21NO4. The molecule has 0 spiro atoms. The van der Waals surface area contributed by atoms with Gasteiger partial charge in [-0.25, -0.2) is 4.79 Å². The molecule has 134 valence electrons. The van der Waals surface area contributed by atoms with E-state index < -0.39 is 12.1 Å². The zero-order valence-corrected chi connectivity index (χ0v) is 14.8. The third-order valence-electron chi connectivity index (χ3n) is 4.25. The number of ether oxygens (including phenoxy) is 1. The van der Waals surface area contributed by atoms with Crippen LogP contribution in [0.3, 0.4) is 0 Å². The number of furan rings is 1. The first kappa shape index (κ1) is 17.7. The van der Waals surface area contributed by atoms with Crippen LogP contribution in [0.25, 0.3) is 11.0 Å². The van der Waals surface area contributed by atoms with Crippen molar-refractivity contribution in [3.05, 3.63) is 72.0 Å². The standard InChI is InChI=1S/C21H21NO4/c1-3-22(4-2)20(23)19(15-10-6-5-7-11-15)26-21(24)18-14-16-12-8-9-13-17(16)25-18/h5-14,19H,3-4H2,1-2H3. The minimum absolute atomic E-state index is 0.0829.